The maximum Gasteiger partial charge on any atom is 0.0763 e. The second-order valence-electron chi connectivity index (χ2n) is 10.9. The molecule has 0 aromatic heterocycles. The molecule has 0 spiro atoms. The molecule has 2 unspecified atom stereocenters. The van der Waals surface area contributed by atoms with Crippen LogP contribution in [-0.2, 0) is 4.74 Å². The van der Waals surface area contributed by atoms with Crippen LogP contribution in [0.4, 0.5) is 0 Å². The SMILES string of the molecule is CCC(/C=C(\C)CC/C=C(\C)CCC=C(C)C)OC(/C=C(\C)CC/C=C(\C)CCC=C(C)C)CC. The Hall–Kier alpha value is -1.60. The van der Waals surface area contributed by atoms with Crippen LogP contribution in [0.25, 0.3) is 0 Å². The van der Waals surface area contributed by atoms with Crippen LogP contribution in [0.3, 0.4) is 0 Å². The predicted molar refractivity (Wildman–Crippen MR) is 160 cm³/mol. The van der Waals surface area contributed by atoms with Gasteiger partial charge in [-0.05, 0) is 120 Å². The van der Waals surface area contributed by atoms with Gasteiger partial charge in [0.15, 0.2) is 0 Å². The zero-order valence-corrected chi connectivity index (χ0v) is 25.1. The van der Waals surface area contributed by atoms with Crippen molar-refractivity contribution in [2.45, 2.75) is 146 Å². The van der Waals surface area contributed by atoms with Gasteiger partial charge in [-0.15, -0.1) is 0 Å². The topological polar surface area (TPSA) is 9.23 Å². The van der Waals surface area contributed by atoms with Crippen LogP contribution in [0.5, 0.6) is 0 Å². The summed E-state index contributed by atoms with van der Waals surface area (Å²) in [6, 6.07) is 0. The van der Waals surface area contributed by atoms with Gasteiger partial charge in [0.05, 0.1) is 12.2 Å². The van der Waals surface area contributed by atoms with Crippen molar-refractivity contribution in [3.63, 3.8) is 0 Å². The molecule has 0 aromatic rings. The molecule has 0 aliphatic heterocycles. The average molecular weight is 483 g/mol. The quantitative estimate of drug-likeness (QED) is 0.176. The number of rotatable bonds is 18. The number of ether oxygens (including phenoxy) is 1. The van der Waals surface area contributed by atoms with Crippen molar-refractivity contribution >= 4 is 0 Å². The van der Waals surface area contributed by atoms with E-state index in [0.29, 0.717) is 0 Å². The summed E-state index contributed by atoms with van der Waals surface area (Å²) in [5.41, 5.74) is 8.71. The molecule has 1 nitrogen and oxygen atoms in total. The second kappa shape index (κ2) is 20.6. The van der Waals surface area contributed by atoms with Crippen LogP contribution in [-0.4, -0.2) is 12.2 Å². The molecular formula is C34H58O. The third-order valence-electron chi connectivity index (χ3n) is 6.34. The highest BCUT2D eigenvalue weighted by Gasteiger charge is 2.11. The van der Waals surface area contributed by atoms with Gasteiger partial charge in [-0.2, -0.15) is 0 Å². The Morgan fingerprint density at radius 1 is 0.486 bits per heavy atom. The molecule has 0 aliphatic rings. The smallest absolute Gasteiger partial charge is 0.0763 e. The minimum atomic E-state index is 0.198. The fourth-order valence-corrected chi connectivity index (χ4v) is 4.01. The average Bonchev–Trinajstić information content (AvgIpc) is 2.77. The van der Waals surface area contributed by atoms with Crippen molar-refractivity contribution < 1.29 is 4.74 Å². The first-order chi connectivity index (χ1) is 16.6. The standard InChI is InChI=1S/C34H58O/c1-11-33(25-31(9)23-15-21-29(7)19-13-17-27(3)4)35-34(12-2)26-32(10)24-16-22-30(8)20-14-18-28(5)6/h17-18,21-22,25-26,33-34H,11-16,19-20,23-24H2,1-10H3/b29-21+,30-22+,31-25+,32-26+. The molecule has 0 saturated heterocycles. The maximum absolute atomic E-state index is 6.50. The van der Waals surface area contributed by atoms with Crippen molar-refractivity contribution in [3.8, 4) is 0 Å². The van der Waals surface area contributed by atoms with Crippen LogP contribution in [0.1, 0.15) is 133 Å². The number of hydrogen-bond acceptors (Lipinski definition) is 1. The molecule has 0 amide bonds. The summed E-state index contributed by atoms with van der Waals surface area (Å²) in [5, 5.41) is 0. The van der Waals surface area contributed by atoms with Gasteiger partial charge in [0.2, 0.25) is 0 Å². The molecule has 0 saturated carbocycles. The largest absolute Gasteiger partial charge is 0.367 e. The van der Waals surface area contributed by atoms with Crippen molar-refractivity contribution in [1.82, 2.24) is 0 Å². The Kier molecular flexibility index (Phi) is 19.6. The molecule has 0 fully saturated rings. The second-order valence-corrected chi connectivity index (χ2v) is 10.9. The lowest BCUT2D eigenvalue weighted by molar-refractivity contribution is 0.0365. The zero-order chi connectivity index (χ0) is 26.6. The molecule has 1 heteroatoms. The van der Waals surface area contributed by atoms with E-state index >= 15 is 0 Å². The highest BCUT2D eigenvalue weighted by molar-refractivity contribution is 5.09. The third kappa shape index (κ3) is 20.3. The summed E-state index contributed by atoms with van der Waals surface area (Å²) < 4.78 is 6.50. The molecule has 2 atom stereocenters. The fraction of sp³-hybridized carbons (Fsp3) is 0.647. The number of allylic oxidation sites excluding steroid dienone is 10. The lowest BCUT2D eigenvalue weighted by Gasteiger charge is -2.20. The van der Waals surface area contributed by atoms with E-state index in [9.17, 15) is 0 Å². The van der Waals surface area contributed by atoms with Crippen molar-refractivity contribution in [2.75, 3.05) is 0 Å². The highest BCUT2D eigenvalue weighted by atomic mass is 16.5. The predicted octanol–water partition coefficient (Wildman–Crippen LogP) is 11.4. The van der Waals surface area contributed by atoms with Gasteiger partial charge < -0.3 is 4.74 Å². The molecule has 0 N–H and O–H groups in total. The Labute approximate surface area is 220 Å². The van der Waals surface area contributed by atoms with Crippen molar-refractivity contribution in [1.29, 1.82) is 0 Å². The molecule has 200 valence electrons. The van der Waals surface area contributed by atoms with E-state index in [0.717, 1.165) is 51.4 Å². The Balaban J connectivity index is 4.68. The lowest BCUT2D eigenvalue weighted by Crippen LogP contribution is -2.18. The normalized spacial score (nSPS) is 15.1. The van der Waals surface area contributed by atoms with Crippen LogP contribution in [0, 0.1) is 0 Å². The van der Waals surface area contributed by atoms with Gasteiger partial charge in [0.25, 0.3) is 0 Å². The summed E-state index contributed by atoms with van der Waals surface area (Å²) in [6.45, 7) is 22.2. The van der Waals surface area contributed by atoms with E-state index in [1.54, 1.807) is 0 Å². The van der Waals surface area contributed by atoms with Crippen LogP contribution < -0.4 is 0 Å². The van der Waals surface area contributed by atoms with E-state index in [1.807, 2.05) is 0 Å². The Morgan fingerprint density at radius 3 is 1.11 bits per heavy atom. The van der Waals surface area contributed by atoms with Gasteiger partial charge in [-0.1, -0.05) is 83.7 Å². The molecule has 0 aliphatic carbocycles. The summed E-state index contributed by atoms with van der Waals surface area (Å²) in [6.07, 6.45) is 25.8. The monoisotopic (exact) mass is 482 g/mol. The van der Waals surface area contributed by atoms with Crippen LogP contribution in [0.2, 0.25) is 0 Å². The van der Waals surface area contributed by atoms with E-state index in [2.05, 4.69) is 106 Å². The van der Waals surface area contributed by atoms with Gasteiger partial charge >= 0.3 is 0 Å². The molecule has 0 bridgehead atoms. The summed E-state index contributed by atoms with van der Waals surface area (Å²) in [7, 11) is 0. The summed E-state index contributed by atoms with van der Waals surface area (Å²) in [5.74, 6) is 0. The Bertz CT molecular complexity index is 681. The van der Waals surface area contributed by atoms with Gasteiger partial charge in [0, 0.05) is 0 Å². The van der Waals surface area contributed by atoms with Crippen LogP contribution in [0.15, 0.2) is 69.9 Å². The highest BCUT2D eigenvalue weighted by Crippen LogP contribution is 2.18. The van der Waals surface area contributed by atoms with Crippen molar-refractivity contribution in [2.24, 2.45) is 0 Å². The fourth-order valence-electron chi connectivity index (χ4n) is 4.01. The molecule has 35 heavy (non-hydrogen) atoms. The Morgan fingerprint density at radius 2 is 0.800 bits per heavy atom. The first kappa shape index (κ1) is 33.4. The first-order valence-electron chi connectivity index (χ1n) is 14.1. The van der Waals surface area contributed by atoms with Crippen molar-refractivity contribution in [3.05, 3.63) is 69.9 Å². The van der Waals surface area contributed by atoms with E-state index in [4.69, 9.17) is 4.74 Å². The van der Waals surface area contributed by atoms with Gasteiger partial charge in [-0.3, -0.25) is 0 Å². The summed E-state index contributed by atoms with van der Waals surface area (Å²) >= 11 is 0. The molecule has 0 radical (unpaired) electrons. The van der Waals surface area contributed by atoms with Gasteiger partial charge in [-0.25, -0.2) is 0 Å². The minimum Gasteiger partial charge on any atom is -0.367 e. The summed E-state index contributed by atoms with van der Waals surface area (Å²) in [4.78, 5) is 0. The molecule has 0 heterocycles. The van der Waals surface area contributed by atoms with Gasteiger partial charge in [0.1, 0.15) is 0 Å². The van der Waals surface area contributed by atoms with Crippen LogP contribution >= 0.6 is 0 Å². The van der Waals surface area contributed by atoms with E-state index < -0.39 is 0 Å². The molecule has 0 rings (SSSR count). The van der Waals surface area contributed by atoms with E-state index in [1.165, 1.54) is 46.3 Å². The molecule has 0 aromatic carbocycles. The minimum absolute atomic E-state index is 0.198. The third-order valence-corrected chi connectivity index (χ3v) is 6.34. The van der Waals surface area contributed by atoms with E-state index in [-0.39, 0.29) is 12.2 Å². The zero-order valence-electron chi connectivity index (χ0n) is 25.1. The lowest BCUT2D eigenvalue weighted by atomic mass is 10.0. The number of hydrogen-bond donors (Lipinski definition) is 0. The molecular weight excluding hydrogens is 424 g/mol. The first-order valence-corrected chi connectivity index (χ1v) is 14.1. The maximum atomic E-state index is 6.50.